The normalized spacial score (nSPS) is 12.0. The minimum absolute atomic E-state index is 0.302. The lowest BCUT2D eigenvalue weighted by Crippen LogP contribution is -2.29. The molecule has 0 bridgehead atoms. The van der Waals surface area contributed by atoms with Crippen molar-refractivity contribution in [3.05, 3.63) is 29.3 Å². The fourth-order valence-corrected chi connectivity index (χ4v) is 1.89. The molecule has 0 fully saturated rings. The van der Waals surface area contributed by atoms with E-state index in [1.54, 1.807) is 6.92 Å². The molecule has 4 heteroatoms. The lowest BCUT2D eigenvalue weighted by molar-refractivity contribution is -0.151. The Morgan fingerprint density at radius 1 is 1.37 bits per heavy atom. The molecule has 0 aromatic heterocycles. The number of carbonyl (C=O) groups is 1. The average molecular weight is 265 g/mol. The zero-order chi connectivity index (χ0) is 14.3. The standard InChI is InChI=1S/C15H23NO3/c1-5-13(15(17)18-6-2)19-14-11(3)8-7-9-12(14)10-16-4/h7-9,13,16H,5-6,10H2,1-4H3. The maximum Gasteiger partial charge on any atom is 0.347 e. The topological polar surface area (TPSA) is 47.6 Å². The maximum absolute atomic E-state index is 11.8. The van der Waals surface area contributed by atoms with Gasteiger partial charge in [-0.05, 0) is 32.9 Å². The van der Waals surface area contributed by atoms with Crippen LogP contribution in [0.15, 0.2) is 18.2 Å². The summed E-state index contributed by atoms with van der Waals surface area (Å²) in [6.07, 6.45) is 0.0447. The Morgan fingerprint density at radius 3 is 2.68 bits per heavy atom. The van der Waals surface area contributed by atoms with Crippen LogP contribution >= 0.6 is 0 Å². The molecular weight excluding hydrogens is 242 g/mol. The summed E-state index contributed by atoms with van der Waals surface area (Å²) >= 11 is 0. The van der Waals surface area contributed by atoms with Crippen molar-refractivity contribution in [3.8, 4) is 5.75 Å². The number of rotatable bonds is 7. The Bertz CT molecular complexity index is 418. The molecule has 1 N–H and O–H groups in total. The number of benzene rings is 1. The predicted molar refractivity (Wildman–Crippen MR) is 75.3 cm³/mol. The number of para-hydroxylation sites is 1. The summed E-state index contributed by atoms with van der Waals surface area (Å²) < 4.78 is 10.9. The molecule has 0 aliphatic rings. The summed E-state index contributed by atoms with van der Waals surface area (Å²) in [6.45, 7) is 6.76. The molecule has 1 rings (SSSR count). The summed E-state index contributed by atoms with van der Waals surface area (Å²) in [7, 11) is 1.88. The first-order valence-electron chi connectivity index (χ1n) is 6.70. The van der Waals surface area contributed by atoms with Crippen molar-refractivity contribution in [2.24, 2.45) is 0 Å². The third-order valence-electron chi connectivity index (χ3n) is 2.84. The molecule has 1 unspecified atom stereocenters. The Kier molecular flexibility index (Phi) is 6.36. The van der Waals surface area contributed by atoms with Crippen LogP contribution in [-0.4, -0.2) is 25.7 Å². The van der Waals surface area contributed by atoms with Crippen molar-refractivity contribution in [2.45, 2.75) is 39.8 Å². The van der Waals surface area contributed by atoms with E-state index in [0.29, 0.717) is 19.6 Å². The van der Waals surface area contributed by atoms with Crippen molar-refractivity contribution in [3.63, 3.8) is 0 Å². The molecule has 0 spiro atoms. The lowest BCUT2D eigenvalue weighted by Gasteiger charge is -2.20. The Labute approximate surface area is 115 Å². The number of esters is 1. The van der Waals surface area contributed by atoms with Crippen LogP contribution in [0.1, 0.15) is 31.4 Å². The smallest absolute Gasteiger partial charge is 0.347 e. The summed E-state index contributed by atoms with van der Waals surface area (Å²) in [5.74, 6) is 0.473. The van der Waals surface area contributed by atoms with Crippen LogP contribution in [0.25, 0.3) is 0 Å². The first-order chi connectivity index (χ1) is 9.13. The molecule has 0 heterocycles. The molecule has 0 radical (unpaired) electrons. The van der Waals surface area contributed by atoms with E-state index < -0.39 is 6.10 Å². The SMILES string of the molecule is CCOC(=O)C(CC)Oc1c(C)cccc1CNC. The highest BCUT2D eigenvalue weighted by molar-refractivity contribution is 5.75. The van der Waals surface area contributed by atoms with Gasteiger partial charge >= 0.3 is 5.97 Å². The molecule has 0 saturated heterocycles. The van der Waals surface area contributed by atoms with Gasteiger partial charge in [-0.3, -0.25) is 0 Å². The molecule has 0 aliphatic carbocycles. The van der Waals surface area contributed by atoms with Gasteiger partial charge in [0.25, 0.3) is 0 Å². The van der Waals surface area contributed by atoms with Gasteiger partial charge in [0.15, 0.2) is 6.10 Å². The second-order valence-electron chi connectivity index (χ2n) is 4.36. The van der Waals surface area contributed by atoms with Gasteiger partial charge < -0.3 is 14.8 Å². The van der Waals surface area contributed by atoms with Crippen LogP contribution in [0.4, 0.5) is 0 Å². The molecule has 4 nitrogen and oxygen atoms in total. The van der Waals surface area contributed by atoms with Crippen LogP contribution < -0.4 is 10.1 Å². The van der Waals surface area contributed by atoms with E-state index in [9.17, 15) is 4.79 Å². The molecule has 1 aromatic carbocycles. The van der Waals surface area contributed by atoms with Gasteiger partial charge in [-0.15, -0.1) is 0 Å². The van der Waals surface area contributed by atoms with Crippen molar-refractivity contribution in [1.29, 1.82) is 0 Å². The molecule has 1 aromatic rings. The Morgan fingerprint density at radius 2 is 2.11 bits per heavy atom. The number of aryl methyl sites for hydroxylation is 1. The van der Waals surface area contributed by atoms with E-state index in [-0.39, 0.29) is 5.97 Å². The number of hydrogen-bond acceptors (Lipinski definition) is 4. The van der Waals surface area contributed by atoms with E-state index in [1.807, 2.05) is 39.1 Å². The van der Waals surface area contributed by atoms with E-state index in [4.69, 9.17) is 9.47 Å². The molecule has 1 atom stereocenters. The number of hydrogen-bond donors (Lipinski definition) is 1. The molecular formula is C15H23NO3. The fraction of sp³-hybridized carbons (Fsp3) is 0.533. The molecule has 0 aliphatic heterocycles. The third-order valence-corrected chi connectivity index (χ3v) is 2.84. The monoisotopic (exact) mass is 265 g/mol. The van der Waals surface area contributed by atoms with Crippen molar-refractivity contribution in [1.82, 2.24) is 5.32 Å². The Balaban J connectivity index is 2.92. The van der Waals surface area contributed by atoms with Crippen LogP contribution in [0.3, 0.4) is 0 Å². The fourth-order valence-electron chi connectivity index (χ4n) is 1.89. The van der Waals surface area contributed by atoms with E-state index >= 15 is 0 Å². The highest BCUT2D eigenvalue weighted by Crippen LogP contribution is 2.25. The van der Waals surface area contributed by atoms with Gasteiger partial charge in [-0.2, -0.15) is 0 Å². The highest BCUT2D eigenvalue weighted by atomic mass is 16.6. The van der Waals surface area contributed by atoms with Crippen LogP contribution in [0.5, 0.6) is 5.75 Å². The van der Waals surface area contributed by atoms with Crippen molar-refractivity contribution in [2.75, 3.05) is 13.7 Å². The van der Waals surface area contributed by atoms with Crippen molar-refractivity contribution >= 4 is 5.97 Å². The Hall–Kier alpha value is -1.55. The quantitative estimate of drug-likeness (QED) is 0.769. The van der Waals surface area contributed by atoms with Gasteiger partial charge in [-0.1, -0.05) is 25.1 Å². The number of nitrogens with one attached hydrogen (secondary N) is 1. The zero-order valence-corrected chi connectivity index (χ0v) is 12.2. The van der Waals surface area contributed by atoms with Gasteiger partial charge in [0, 0.05) is 12.1 Å². The second-order valence-corrected chi connectivity index (χ2v) is 4.36. The van der Waals surface area contributed by atoms with E-state index in [2.05, 4.69) is 5.32 Å². The first kappa shape index (κ1) is 15.5. The summed E-state index contributed by atoms with van der Waals surface area (Å²) in [4.78, 5) is 11.8. The zero-order valence-electron chi connectivity index (χ0n) is 12.2. The van der Waals surface area contributed by atoms with Gasteiger partial charge in [-0.25, -0.2) is 4.79 Å². The summed E-state index contributed by atoms with van der Waals surface area (Å²) in [6, 6.07) is 5.96. The summed E-state index contributed by atoms with van der Waals surface area (Å²) in [5.41, 5.74) is 2.07. The third kappa shape index (κ3) is 4.24. The van der Waals surface area contributed by atoms with Gasteiger partial charge in [0.2, 0.25) is 0 Å². The van der Waals surface area contributed by atoms with Crippen LogP contribution in [0, 0.1) is 6.92 Å². The lowest BCUT2D eigenvalue weighted by atomic mass is 10.1. The minimum atomic E-state index is -0.545. The van der Waals surface area contributed by atoms with Gasteiger partial charge in [0.1, 0.15) is 5.75 Å². The predicted octanol–water partition coefficient (Wildman–Crippen LogP) is 2.43. The second kappa shape index (κ2) is 7.79. The van der Waals surface area contributed by atoms with Crippen LogP contribution in [-0.2, 0) is 16.1 Å². The minimum Gasteiger partial charge on any atom is -0.478 e. The maximum atomic E-state index is 11.8. The van der Waals surface area contributed by atoms with E-state index in [0.717, 1.165) is 16.9 Å². The van der Waals surface area contributed by atoms with Gasteiger partial charge in [0.05, 0.1) is 6.61 Å². The molecule has 0 amide bonds. The highest BCUT2D eigenvalue weighted by Gasteiger charge is 2.21. The number of carbonyl (C=O) groups excluding carboxylic acids is 1. The average Bonchev–Trinajstić information content (AvgIpc) is 2.39. The van der Waals surface area contributed by atoms with Crippen molar-refractivity contribution < 1.29 is 14.3 Å². The molecule has 0 saturated carbocycles. The first-order valence-corrected chi connectivity index (χ1v) is 6.70. The molecule has 19 heavy (non-hydrogen) atoms. The van der Waals surface area contributed by atoms with Crippen LogP contribution in [0.2, 0.25) is 0 Å². The number of ether oxygens (including phenoxy) is 2. The largest absolute Gasteiger partial charge is 0.478 e. The van der Waals surface area contributed by atoms with E-state index in [1.165, 1.54) is 0 Å². The molecule has 106 valence electrons. The summed E-state index contributed by atoms with van der Waals surface area (Å²) in [5, 5.41) is 3.10.